The molecule has 0 bridgehead atoms. The monoisotopic (exact) mass is 1360 g/mol. The van der Waals surface area contributed by atoms with Gasteiger partial charge in [-0.3, -0.25) is 0 Å². The third-order valence-corrected chi connectivity index (χ3v) is 11.6. The number of rotatable bonds is 22. The maximum atomic E-state index is 7.08. The van der Waals surface area contributed by atoms with Crippen LogP contribution in [0.3, 0.4) is 0 Å². The number of thioether (sulfide) groups is 4. The zero-order valence-electron chi connectivity index (χ0n) is 43.1. The molecule has 0 spiro atoms. The summed E-state index contributed by atoms with van der Waals surface area (Å²) >= 11 is 64.6. The SMILES string of the molecule is Clc1nc(Cl)nc(Cl)n1.NCCS.[2H]Nc1nc(Cl)nc(Cl)n1.[2H]Nc1nc(Cl)nc(SCCN)n1.[2H]Nc1nc(Cl)nc(SCCN)n1.[2H]Nc1nc(Cl)nc(SCCNc2nc(Cl)nc(NCCSc3nc(Cl)nc(N[2H])n3)n2)n1. The first-order chi connectivity index (χ1) is 39.3. The van der Waals surface area contributed by atoms with Gasteiger partial charge >= 0.3 is 0 Å². The van der Waals surface area contributed by atoms with Crippen LogP contribution in [0.5, 0.6) is 0 Å². The maximum absolute atomic E-state index is 7.08. The Hall–Kier alpha value is -3.80. The second kappa shape index (κ2) is 39.6. The molecular formula is C31H39Cl10N31S5. The molecule has 0 radical (unpaired) electrons. The van der Waals surface area contributed by atoms with E-state index in [2.05, 4.69) is 139 Å². The highest BCUT2D eigenvalue weighted by atomic mass is 35.5. The quantitative estimate of drug-likeness (QED) is 0.0252. The summed E-state index contributed by atoms with van der Waals surface area (Å²) in [6.07, 6.45) is 0. The van der Waals surface area contributed by atoms with E-state index in [-0.39, 0.29) is 82.6 Å². The fraction of sp³-hybridized carbons (Fsp3) is 0.323. The third kappa shape index (κ3) is 33.4. The van der Waals surface area contributed by atoms with E-state index in [1.54, 1.807) is 0 Å². The fourth-order valence-electron chi connectivity index (χ4n) is 3.63. The zero-order valence-corrected chi connectivity index (χ0v) is 49.8. The number of thiol groups is 1. The van der Waals surface area contributed by atoms with Crippen molar-refractivity contribution in [3.05, 3.63) is 52.8 Å². The fourth-order valence-corrected chi connectivity index (χ4v) is 8.19. The topological polar surface area (TPSA) is 503 Å². The number of hydrogen-bond donors (Lipinski definition) is 11. The highest BCUT2D eigenvalue weighted by molar-refractivity contribution is 7.99. The van der Waals surface area contributed by atoms with Crippen LogP contribution in [-0.2, 0) is 0 Å². The predicted octanol–water partition coefficient (Wildman–Crippen LogP) is 4.56. The lowest BCUT2D eigenvalue weighted by Gasteiger charge is -2.08. The summed E-state index contributed by atoms with van der Waals surface area (Å²) in [6, 6.07) is 0. The number of nitrogens with one attached hydrogen (secondary N) is 2. The smallest absolute Gasteiger partial charge is 0.228 e. The van der Waals surface area contributed by atoms with E-state index in [4.69, 9.17) is 140 Å². The zero-order chi connectivity index (χ0) is 60.8. The van der Waals surface area contributed by atoms with Gasteiger partial charge in [-0.2, -0.15) is 117 Å². The third-order valence-electron chi connectivity index (χ3n) is 6.15. The van der Waals surface area contributed by atoms with Crippen molar-refractivity contribution in [1.82, 2.24) is 105 Å². The van der Waals surface area contributed by atoms with Crippen LogP contribution in [0, 0.1) is 0 Å². The minimum Gasteiger partial charge on any atom is -0.368 e. The van der Waals surface area contributed by atoms with Crippen molar-refractivity contribution in [2.45, 2.75) is 20.6 Å². The molecule has 0 unspecified atom stereocenters. The maximum Gasteiger partial charge on any atom is 0.228 e. The number of nitrogens with two attached hydrogens (primary N) is 8. The van der Waals surface area contributed by atoms with E-state index in [1.165, 1.54) is 47.0 Å². The molecule has 0 saturated carbocycles. The molecule has 18 N–H and O–H groups in total. The van der Waals surface area contributed by atoms with Crippen LogP contribution >= 0.6 is 176 Å². The molecule has 0 aliphatic carbocycles. The van der Waals surface area contributed by atoms with Crippen molar-refractivity contribution in [2.75, 3.05) is 101 Å². The van der Waals surface area contributed by atoms with Crippen LogP contribution in [0.25, 0.3) is 0 Å². The predicted molar refractivity (Wildman–Crippen MR) is 312 cm³/mol. The van der Waals surface area contributed by atoms with Gasteiger partial charge in [-0.25, -0.2) is 0 Å². The molecule has 0 saturated heterocycles. The Labute approximate surface area is 516 Å². The molecule has 0 atom stereocenters. The largest absolute Gasteiger partial charge is 0.368 e. The van der Waals surface area contributed by atoms with Gasteiger partial charge in [-0.15, -0.1) is 0 Å². The molecular weight excluding hydrogens is 1320 g/mol. The Morgan fingerprint density at radius 1 is 0.325 bits per heavy atom. The van der Waals surface area contributed by atoms with Gasteiger partial charge in [0.05, 0.1) is 0 Å². The average Bonchev–Trinajstić information content (AvgIpc) is 3.45. The first kappa shape index (κ1) is 60.8. The lowest BCUT2D eigenvalue weighted by atomic mass is 10.7. The van der Waals surface area contributed by atoms with Gasteiger partial charge in [-0.05, 0) is 116 Å². The highest BCUT2D eigenvalue weighted by Crippen LogP contribution is 2.19. The molecule has 0 amide bonds. The standard InChI is InChI=1S/C13H14Cl3N13S2.2C5H8ClN5S.C3Cl3N3.C3H2Cl2N4.C2H7NS/c14-5-21-8(17)27-12(25-5)30-3-1-19-10-23-7(16)24-11(29-10)20-2-4-31-13-26-6(15)22-9(18)28-13;2*6-3-9-4(8)11-5(10-3)12-2-1-7;2*4-1-7-2(5)9-3(6)8-1;3-1-2-4/h1-4H2,(H2,17,21,25,27)(H2,18,22,26,28)(H2,19,20,23,24,29);2*1-2,7H2,(H2,8,9,10,11);;(H2,6,7,8,9);4H,1-3H2/i/hD5. The molecule has 7 aromatic rings. The number of nitrogens with zero attached hydrogens (tertiary/aromatic N) is 21. The minimum atomic E-state index is -0.0326. The Kier molecular flexibility index (Phi) is 31.2. The van der Waals surface area contributed by atoms with Gasteiger partial charge in [0.15, 0.2) is 27.7 Å². The Morgan fingerprint density at radius 2 is 0.558 bits per heavy atom. The molecule has 46 heteroatoms. The highest BCUT2D eigenvalue weighted by Gasteiger charge is 2.09. The van der Waals surface area contributed by atoms with Crippen molar-refractivity contribution in [2.24, 2.45) is 17.2 Å². The summed E-state index contributed by atoms with van der Waals surface area (Å²) in [5.74, 6) is 4.35. The number of halogens is 10. The van der Waals surface area contributed by atoms with Crippen molar-refractivity contribution >= 4 is 217 Å². The molecule has 418 valence electrons. The normalized spacial score (nSPS) is 10.8. The van der Waals surface area contributed by atoms with Gasteiger partial charge < -0.3 is 56.5 Å². The Morgan fingerprint density at radius 3 is 0.818 bits per heavy atom. The van der Waals surface area contributed by atoms with Crippen LogP contribution in [0.2, 0.25) is 59.9 Å². The van der Waals surface area contributed by atoms with Crippen LogP contribution in [0.4, 0.5) is 41.6 Å². The molecule has 0 aliphatic heterocycles. The molecule has 7 rings (SSSR count). The second-order valence-electron chi connectivity index (χ2n) is 11.8. The summed E-state index contributed by atoms with van der Waals surface area (Å²) in [5.41, 5.74) is 25.7. The average molecular weight is 1370 g/mol. The summed E-state index contributed by atoms with van der Waals surface area (Å²) < 4.78 is 34.4. The molecule has 0 aliphatic rings. The number of nitrogen functional groups attached to an aromatic ring is 5. The van der Waals surface area contributed by atoms with Crippen molar-refractivity contribution in [3.8, 4) is 0 Å². The summed E-state index contributed by atoms with van der Waals surface area (Å²) in [5, 5.41) is 7.89. The lowest BCUT2D eigenvalue weighted by molar-refractivity contribution is 0.915. The van der Waals surface area contributed by atoms with E-state index in [9.17, 15) is 0 Å². The summed E-state index contributed by atoms with van der Waals surface area (Å²) in [6.45, 7) is 2.71. The van der Waals surface area contributed by atoms with E-state index in [0.717, 1.165) is 5.75 Å². The Balaban J connectivity index is 0.000000385. The number of anilines is 7. The van der Waals surface area contributed by atoms with E-state index < -0.39 is 0 Å². The number of hydrogen-bond acceptors (Lipinski definition) is 36. The Bertz CT molecular complexity index is 2780. The van der Waals surface area contributed by atoms with Crippen LogP contribution < -0.4 is 56.5 Å². The molecule has 0 aromatic carbocycles. The molecule has 7 aromatic heterocycles. The van der Waals surface area contributed by atoms with Crippen LogP contribution in [-0.4, -0.2) is 166 Å². The van der Waals surface area contributed by atoms with Gasteiger partial charge in [0.1, 0.15) is 0 Å². The second-order valence-corrected chi connectivity index (χ2v) is 19.8. The van der Waals surface area contributed by atoms with E-state index >= 15 is 0 Å². The van der Waals surface area contributed by atoms with Gasteiger partial charge in [0.25, 0.3) is 0 Å². The van der Waals surface area contributed by atoms with E-state index in [1.807, 2.05) is 17.2 Å². The van der Waals surface area contributed by atoms with Gasteiger partial charge in [-0.1, -0.05) is 47.0 Å². The van der Waals surface area contributed by atoms with Crippen molar-refractivity contribution in [3.63, 3.8) is 0 Å². The molecule has 0 fully saturated rings. The van der Waals surface area contributed by atoms with Crippen LogP contribution in [0.15, 0.2) is 20.6 Å². The minimum absolute atomic E-state index is 0.000000000000000444. The summed E-state index contributed by atoms with van der Waals surface area (Å²) in [4.78, 5) is 79.5. The van der Waals surface area contributed by atoms with Crippen molar-refractivity contribution in [1.29, 1.82) is 0 Å². The molecule has 77 heavy (non-hydrogen) atoms. The van der Waals surface area contributed by atoms with Crippen LogP contribution in [0.1, 0.15) is 0 Å². The molecule has 31 nitrogen and oxygen atoms in total. The van der Waals surface area contributed by atoms with Crippen molar-refractivity contribution < 1.29 is 7.06 Å². The summed E-state index contributed by atoms with van der Waals surface area (Å²) in [7, 11) is 0. The number of aromatic nitrogens is 21. The first-order valence-electron chi connectivity index (χ1n) is 22.3. The molecule has 7 heterocycles. The van der Waals surface area contributed by atoms with E-state index in [0.29, 0.717) is 88.3 Å². The lowest BCUT2D eigenvalue weighted by Crippen LogP contribution is -2.13. The van der Waals surface area contributed by atoms with Gasteiger partial charge in [0.2, 0.25) is 94.5 Å². The van der Waals surface area contributed by atoms with Gasteiger partial charge in [0, 0.05) is 61.5 Å². The first-order valence-corrected chi connectivity index (χ1v) is 28.1.